The standard InChI is InChI=1S/C17H19N3O2/c1-21-15-9-5-6-12(17(15)22-2)10-18-11-16-19-13-7-3-4-8-14(13)20-16/h3-9,18H,10-11H2,1-2H3,(H,19,20). The molecule has 0 aliphatic carbocycles. The lowest BCUT2D eigenvalue weighted by Gasteiger charge is -2.12. The summed E-state index contributed by atoms with van der Waals surface area (Å²) in [4.78, 5) is 7.85. The summed E-state index contributed by atoms with van der Waals surface area (Å²) in [5.74, 6) is 2.43. The molecule has 0 radical (unpaired) electrons. The van der Waals surface area contributed by atoms with E-state index in [1.807, 2.05) is 42.5 Å². The zero-order chi connectivity index (χ0) is 15.4. The first kappa shape index (κ1) is 14.4. The van der Waals surface area contributed by atoms with Gasteiger partial charge in [-0.2, -0.15) is 0 Å². The number of benzene rings is 2. The van der Waals surface area contributed by atoms with Crippen molar-refractivity contribution in [2.45, 2.75) is 13.1 Å². The molecule has 0 fully saturated rings. The van der Waals surface area contributed by atoms with E-state index in [9.17, 15) is 0 Å². The Labute approximate surface area is 129 Å². The quantitative estimate of drug-likeness (QED) is 0.734. The second kappa shape index (κ2) is 6.49. The Kier molecular flexibility index (Phi) is 4.25. The first-order chi connectivity index (χ1) is 10.8. The summed E-state index contributed by atoms with van der Waals surface area (Å²) in [5, 5.41) is 3.38. The van der Waals surface area contributed by atoms with Crippen LogP contribution in [0.25, 0.3) is 11.0 Å². The van der Waals surface area contributed by atoms with Gasteiger partial charge in [-0.25, -0.2) is 4.98 Å². The summed E-state index contributed by atoms with van der Waals surface area (Å²) in [6.45, 7) is 1.34. The number of methoxy groups -OCH3 is 2. The Balaban J connectivity index is 1.68. The number of imidazole rings is 1. The number of ether oxygens (including phenoxy) is 2. The first-order valence-corrected chi connectivity index (χ1v) is 7.16. The molecular weight excluding hydrogens is 278 g/mol. The Bertz CT molecular complexity index is 734. The van der Waals surface area contributed by atoms with Gasteiger partial charge >= 0.3 is 0 Å². The van der Waals surface area contributed by atoms with Crippen LogP contribution in [0.5, 0.6) is 11.5 Å². The highest BCUT2D eigenvalue weighted by atomic mass is 16.5. The third kappa shape index (κ3) is 2.89. The van der Waals surface area contributed by atoms with Crippen LogP contribution >= 0.6 is 0 Å². The van der Waals surface area contributed by atoms with Crippen LogP contribution in [0.3, 0.4) is 0 Å². The van der Waals surface area contributed by atoms with Crippen molar-refractivity contribution in [3.63, 3.8) is 0 Å². The van der Waals surface area contributed by atoms with Crippen molar-refractivity contribution in [3.8, 4) is 11.5 Å². The van der Waals surface area contributed by atoms with Crippen molar-refractivity contribution in [1.82, 2.24) is 15.3 Å². The second-order valence-electron chi connectivity index (χ2n) is 4.96. The van der Waals surface area contributed by atoms with Crippen LogP contribution in [0.1, 0.15) is 11.4 Å². The molecule has 3 aromatic rings. The molecule has 0 unspecified atom stereocenters. The zero-order valence-electron chi connectivity index (χ0n) is 12.7. The Morgan fingerprint density at radius 1 is 1.00 bits per heavy atom. The fraction of sp³-hybridized carbons (Fsp3) is 0.235. The lowest BCUT2D eigenvalue weighted by atomic mass is 10.2. The monoisotopic (exact) mass is 297 g/mol. The van der Waals surface area contributed by atoms with Crippen molar-refractivity contribution in [1.29, 1.82) is 0 Å². The van der Waals surface area contributed by atoms with Crippen LogP contribution in [0.15, 0.2) is 42.5 Å². The molecule has 0 saturated heterocycles. The van der Waals surface area contributed by atoms with Crippen LogP contribution in [0.4, 0.5) is 0 Å². The van der Waals surface area contributed by atoms with Crippen molar-refractivity contribution >= 4 is 11.0 Å². The van der Waals surface area contributed by atoms with E-state index in [0.29, 0.717) is 13.1 Å². The molecule has 22 heavy (non-hydrogen) atoms. The number of aromatic nitrogens is 2. The lowest BCUT2D eigenvalue weighted by Crippen LogP contribution is -2.14. The summed E-state index contributed by atoms with van der Waals surface area (Å²) < 4.78 is 10.7. The first-order valence-electron chi connectivity index (χ1n) is 7.16. The number of nitrogens with one attached hydrogen (secondary N) is 2. The molecule has 0 spiro atoms. The highest BCUT2D eigenvalue weighted by Crippen LogP contribution is 2.30. The van der Waals surface area contributed by atoms with E-state index in [1.165, 1.54) is 0 Å². The molecule has 1 heterocycles. The number of H-pyrrole nitrogens is 1. The predicted octanol–water partition coefficient (Wildman–Crippen LogP) is 2.87. The second-order valence-corrected chi connectivity index (χ2v) is 4.96. The molecule has 2 N–H and O–H groups in total. The molecule has 0 atom stereocenters. The predicted molar refractivity (Wildman–Crippen MR) is 86.2 cm³/mol. The van der Waals surface area contributed by atoms with Crippen molar-refractivity contribution in [2.75, 3.05) is 14.2 Å². The van der Waals surface area contributed by atoms with Gasteiger partial charge in [0.1, 0.15) is 5.82 Å². The molecule has 0 aliphatic heterocycles. The van der Waals surface area contributed by atoms with Crippen molar-refractivity contribution in [2.24, 2.45) is 0 Å². The Morgan fingerprint density at radius 2 is 1.86 bits per heavy atom. The number of nitrogens with zero attached hydrogens (tertiary/aromatic N) is 1. The van der Waals surface area contributed by atoms with Gasteiger partial charge in [0.2, 0.25) is 0 Å². The number of para-hydroxylation sites is 3. The molecule has 114 valence electrons. The zero-order valence-corrected chi connectivity index (χ0v) is 12.7. The average Bonchev–Trinajstić information content (AvgIpc) is 2.97. The normalized spacial score (nSPS) is 10.8. The largest absolute Gasteiger partial charge is 0.493 e. The summed E-state index contributed by atoms with van der Waals surface area (Å²) in [6, 6.07) is 13.9. The van der Waals surface area contributed by atoms with Crippen LogP contribution in [0.2, 0.25) is 0 Å². The van der Waals surface area contributed by atoms with Crippen LogP contribution in [-0.2, 0) is 13.1 Å². The molecule has 0 amide bonds. The van der Waals surface area contributed by atoms with E-state index in [1.54, 1.807) is 14.2 Å². The van der Waals surface area contributed by atoms with Crippen LogP contribution < -0.4 is 14.8 Å². The molecule has 0 bridgehead atoms. The number of rotatable bonds is 6. The van der Waals surface area contributed by atoms with Gasteiger partial charge in [0, 0.05) is 12.1 Å². The fourth-order valence-corrected chi connectivity index (χ4v) is 2.50. The molecule has 0 saturated carbocycles. The summed E-state index contributed by atoms with van der Waals surface area (Å²) in [7, 11) is 3.30. The number of fused-ring (bicyclic) bond motifs is 1. The Hall–Kier alpha value is -2.53. The molecule has 1 aromatic heterocycles. The van der Waals surface area contributed by atoms with Crippen LogP contribution in [-0.4, -0.2) is 24.2 Å². The molecule has 5 nitrogen and oxygen atoms in total. The SMILES string of the molecule is COc1cccc(CNCc2nc3ccccc3[nH]2)c1OC. The van der Waals surface area contributed by atoms with Gasteiger partial charge in [0.25, 0.3) is 0 Å². The highest BCUT2D eigenvalue weighted by molar-refractivity contribution is 5.74. The molecule has 3 rings (SSSR count). The topological polar surface area (TPSA) is 59.2 Å². The van der Waals surface area contributed by atoms with E-state index in [-0.39, 0.29) is 0 Å². The van der Waals surface area contributed by atoms with Gasteiger partial charge < -0.3 is 19.8 Å². The Morgan fingerprint density at radius 3 is 2.64 bits per heavy atom. The average molecular weight is 297 g/mol. The van der Waals surface area contributed by atoms with E-state index in [4.69, 9.17) is 9.47 Å². The third-order valence-corrected chi connectivity index (χ3v) is 3.53. The van der Waals surface area contributed by atoms with E-state index in [2.05, 4.69) is 15.3 Å². The maximum absolute atomic E-state index is 5.43. The van der Waals surface area contributed by atoms with Gasteiger partial charge in [-0.05, 0) is 18.2 Å². The summed E-state index contributed by atoms with van der Waals surface area (Å²) in [5.41, 5.74) is 3.09. The number of hydrogen-bond acceptors (Lipinski definition) is 4. The fourth-order valence-electron chi connectivity index (χ4n) is 2.50. The lowest BCUT2D eigenvalue weighted by molar-refractivity contribution is 0.350. The summed E-state index contributed by atoms with van der Waals surface area (Å²) in [6.07, 6.45) is 0. The smallest absolute Gasteiger partial charge is 0.165 e. The number of hydrogen-bond donors (Lipinski definition) is 2. The minimum absolute atomic E-state index is 0.662. The number of aromatic amines is 1. The summed E-state index contributed by atoms with van der Waals surface area (Å²) >= 11 is 0. The van der Waals surface area contributed by atoms with E-state index >= 15 is 0 Å². The van der Waals surface area contributed by atoms with Gasteiger partial charge in [0.05, 0.1) is 31.8 Å². The highest BCUT2D eigenvalue weighted by Gasteiger charge is 2.09. The molecule has 5 heteroatoms. The minimum atomic E-state index is 0.662. The maximum atomic E-state index is 5.43. The van der Waals surface area contributed by atoms with E-state index < -0.39 is 0 Å². The van der Waals surface area contributed by atoms with Gasteiger partial charge in [-0.1, -0.05) is 24.3 Å². The minimum Gasteiger partial charge on any atom is -0.493 e. The van der Waals surface area contributed by atoms with Gasteiger partial charge in [-0.15, -0.1) is 0 Å². The van der Waals surface area contributed by atoms with Gasteiger partial charge in [-0.3, -0.25) is 0 Å². The maximum Gasteiger partial charge on any atom is 0.165 e. The van der Waals surface area contributed by atoms with Gasteiger partial charge in [0.15, 0.2) is 11.5 Å². The van der Waals surface area contributed by atoms with Crippen molar-refractivity contribution < 1.29 is 9.47 Å². The molecule has 0 aliphatic rings. The van der Waals surface area contributed by atoms with E-state index in [0.717, 1.165) is 33.9 Å². The van der Waals surface area contributed by atoms with Crippen LogP contribution in [0, 0.1) is 0 Å². The third-order valence-electron chi connectivity index (χ3n) is 3.53. The molecular formula is C17H19N3O2. The van der Waals surface area contributed by atoms with Crippen molar-refractivity contribution in [3.05, 3.63) is 53.9 Å². The molecule has 2 aromatic carbocycles.